The molecule has 0 aromatic heterocycles. The summed E-state index contributed by atoms with van der Waals surface area (Å²) in [6, 6.07) is 20.6. The molecule has 0 bridgehead atoms. The quantitative estimate of drug-likeness (QED) is 0.432. The van der Waals surface area contributed by atoms with Gasteiger partial charge in [-0.1, -0.05) is 67.2 Å². The van der Waals surface area contributed by atoms with E-state index in [1.54, 1.807) is 6.08 Å². The lowest BCUT2D eigenvalue weighted by Crippen LogP contribution is -2.35. The molecule has 0 amide bonds. The van der Waals surface area contributed by atoms with E-state index in [4.69, 9.17) is 4.74 Å². The van der Waals surface area contributed by atoms with Crippen LogP contribution in [0.2, 0.25) is 0 Å². The third-order valence-corrected chi connectivity index (χ3v) is 5.08. The lowest BCUT2D eigenvalue weighted by atomic mass is 9.89. The molecule has 0 saturated carbocycles. The Morgan fingerprint density at radius 2 is 1.65 bits per heavy atom. The SMILES string of the molecule is C=CC1(OC(=O)C(C)(C)C)c2ccccc2-c2c1ccc1ccccc21. The Kier molecular flexibility index (Phi) is 3.55. The summed E-state index contributed by atoms with van der Waals surface area (Å²) in [5.74, 6) is -0.242. The number of hydrogen-bond acceptors (Lipinski definition) is 2. The van der Waals surface area contributed by atoms with E-state index in [1.807, 2.05) is 51.1 Å². The molecule has 0 saturated heterocycles. The summed E-state index contributed by atoms with van der Waals surface area (Å²) < 4.78 is 6.16. The van der Waals surface area contributed by atoms with Gasteiger partial charge in [-0.3, -0.25) is 4.79 Å². The Morgan fingerprint density at radius 1 is 0.962 bits per heavy atom. The van der Waals surface area contributed by atoms with Crippen LogP contribution in [0.25, 0.3) is 21.9 Å². The van der Waals surface area contributed by atoms with Gasteiger partial charge in [-0.05, 0) is 48.7 Å². The van der Waals surface area contributed by atoms with Gasteiger partial charge in [0.15, 0.2) is 5.60 Å². The molecule has 3 aromatic carbocycles. The van der Waals surface area contributed by atoms with E-state index in [-0.39, 0.29) is 5.97 Å². The fourth-order valence-corrected chi connectivity index (χ4v) is 3.71. The highest BCUT2D eigenvalue weighted by molar-refractivity contribution is 6.02. The fraction of sp³-hybridized carbons (Fsp3) is 0.208. The lowest BCUT2D eigenvalue weighted by Gasteiger charge is -2.31. The number of hydrogen-bond donors (Lipinski definition) is 0. The molecule has 2 heteroatoms. The maximum atomic E-state index is 12.8. The molecule has 0 heterocycles. The van der Waals surface area contributed by atoms with Crippen LogP contribution in [-0.2, 0) is 15.1 Å². The second-order valence-electron chi connectivity index (χ2n) is 7.83. The van der Waals surface area contributed by atoms with E-state index >= 15 is 0 Å². The van der Waals surface area contributed by atoms with E-state index < -0.39 is 11.0 Å². The van der Waals surface area contributed by atoms with Gasteiger partial charge in [-0.2, -0.15) is 0 Å². The number of carbonyl (C=O) groups is 1. The van der Waals surface area contributed by atoms with Crippen LogP contribution in [-0.4, -0.2) is 5.97 Å². The van der Waals surface area contributed by atoms with Crippen LogP contribution in [0.3, 0.4) is 0 Å². The molecule has 4 rings (SSSR count). The van der Waals surface area contributed by atoms with Gasteiger partial charge in [0, 0.05) is 11.1 Å². The largest absolute Gasteiger partial charge is 0.444 e. The number of benzene rings is 3. The lowest BCUT2D eigenvalue weighted by molar-refractivity contribution is -0.162. The highest BCUT2D eigenvalue weighted by Crippen LogP contribution is 2.53. The first-order valence-electron chi connectivity index (χ1n) is 8.87. The van der Waals surface area contributed by atoms with Gasteiger partial charge < -0.3 is 4.74 Å². The van der Waals surface area contributed by atoms with Gasteiger partial charge >= 0.3 is 5.97 Å². The third kappa shape index (κ3) is 2.22. The van der Waals surface area contributed by atoms with Crippen molar-refractivity contribution in [2.45, 2.75) is 26.4 Å². The van der Waals surface area contributed by atoms with Gasteiger partial charge in [0.2, 0.25) is 0 Å². The summed E-state index contributed by atoms with van der Waals surface area (Å²) in [5.41, 5.74) is 2.62. The molecule has 0 radical (unpaired) electrons. The minimum atomic E-state index is -0.958. The van der Waals surface area contributed by atoms with Crippen LogP contribution >= 0.6 is 0 Å². The van der Waals surface area contributed by atoms with Gasteiger partial charge in [0.25, 0.3) is 0 Å². The molecule has 0 aliphatic heterocycles. The Balaban J connectivity index is 2.05. The molecule has 2 nitrogen and oxygen atoms in total. The van der Waals surface area contributed by atoms with Crippen LogP contribution in [0.4, 0.5) is 0 Å². The van der Waals surface area contributed by atoms with E-state index in [1.165, 1.54) is 5.39 Å². The Morgan fingerprint density at radius 3 is 2.38 bits per heavy atom. The molecule has 1 aliphatic carbocycles. The predicted molar refractivity (Wildman–Crippen MR) is 106 cm³/mol. The summed E-state index contributed by atoms with van der Waals surface area (Å²) in [7, 11) is 0. The monoisotopic (exact) mass is 342 g/mol. The van der Waals surface area contributed by atoms with Crippen LogP contribution < -0.4 is 0 Å². The number of rotatable bonds is 2. The van der Waals surface area contributed by atoms with Crippen molar-refractivity contribution in [2.75, 3.05) is 0 Å². The minimum Gasteiger partial charge on any atom is -0.444 e. The summed E-state index contributed by atoms with van der Waals surface area (Å²) in [6.45, 7) is 9.66. The molecule has 130 valence electrons. The van der Waals surface area contributed by atoms with Crippen molar-refractivity contribution in [3.05, 3.63) is 84.4 Å². The van der Waals surface area contributed by atoms with Crippen molar-refractivity contribution in [1.82, 2.24) is 0 Å². The van der Waals surface area contributed by atoms with E-state index in [2.05, 4.69) is 36.9 Å². The number of ether oxygens (including phenoxy) is 1. The highest BCUT2D eigenvalue weighted by atomic mass is 16.6. The van der Waals surface area contributed by atoms with Gasteiger partial charge in [-0.15, -0.1) is 0 Å². The number of fused-ring (bicyclic) bond motifs is 5. The van der Waals surface area contributed by atoms with Crippen molar-refractivity contribution in [2.24, 2.45) is 5.41 Å². The van der Waals surface area contributed by atoms with Crippen LogP contribution in [0.5, 0.6) is 0 Å². The Labute approximate surface area is 154 Å². The molecule has 0 spiro atoms. The second kappa shape index (κ2) is 5.57. The van der Waals surface area contributed by atoms with E-state index in [9.17, 15) is 4.79 Å². The molecule has 26 heavy (non-hydrogen) atoms. The fourth-order valence-electron chi connectivity index (χ4n) is 3.71. The topological polar surface area (TPSA) is 26.3 Å². The average Bonchev–Trinajstić information content (AvgIpc) is 2.92. The molecule has 1 aliphatic rings. The smallest absolute Gasteiger partial charge is 0.312 e. The molecule has 1 unspecified atom stereocenters. The average molecular weight is 342 g/mol. The molecule has 0 fully saturated rings. The molecule has 1 atom stereocenters. The normalized spacial score (nSPS) is 18.3. The van der Waals surface area contributed by atoms with Gasteiger partial charge in [0.1, 0.15) is 0 Å². The first-order chi connectivity index (χ1) is 12.4. The van der Waals surface area contributed by atoms with E-state index in [0.717, 1.165) is 27.6 Å². The second-order valence-corrected chi connectivity index (χ2v) is 7.83. The zero-order valence-electron chi connectivity index (χ0n) is 15.4. The predicted octanol–water partition coefficient (Wildman–Crippen LogP) is 5.84. The van der Waals surface area contributed by atoms with Crippen LogP contribution in [0.15, 0.2) is 73.3 Å². The van der Waals surface area contributed by atoms with Crippen molar-refractivity contribution in [1.29, 1.82) is 0 Å². The molecule has 0 N–H and O–H groups in total. The molecular weight excluding hydrogens is 320 g/mol. The Hall–Kier alpha value is -2.87. The first-order valence-corrected chi connectivity index (χ1v) is 8.87. The van der Waals surface area contributed by atoms with Crippen molar-refractivity contribution in [3.8, 4) is 11.1 Å². The van der Waals surface area contributed by atoms with Crippen molar-refractivity contribution in [3.63, 3.8) is 0 Å². The van der Waals surface area contributed by atoms with Crippen molar-refractivity contribution >= 4 is 16.7 Å². The summed E-state index contributed by atoms with van der Waals surface area (Å²) in [6.07, 6.45) is 1.76. The maximum absolute atomic E-state index is 12.8. The number of carbonyl (C=O) groups excluding carboxylic acids is 1. The highest BCUT2D eigenvalue weighted by Gasteiger charge is 2.46. The number of esters is 1. The zero-order chi connectivity index (χ0) is 18.5. The first kappa shape index (κ1) is 16.6. The molecular formula is C24H22O2. The van der Waals surface area contributed by atoms with Gasteiger partial charge in [0.05, 0.1) is 5.41 Å². The van der Waals surface area contributed by atoms with Crippen LogP contribution in [0, 0.1) is 5.41 Å². The van der Waals surface area contributed by atoms with Gasteiger partial charge in [-0.25, -0.2) is 0 Å². The zero-order valence-corrected chi connectivity index (χ0v) is 15.4. The van der Waals surface area contributed by atoms with E-state index in [0.29, 0.717) is 0 Å². The standard InChI is InChI=1S/C24H22O2/c1-5-24(26-22(25)23(2,3)4)19-13-9-8-12-18(19)21-17-11-7-6-10-16(17)14-15-20(21)24/h5-15H,1H2,2-4H3. The minimum absolute atomic E-state index is 0.242. The van der Waals surface area contributed by atoms with Crippen molar-refractivity contribution < 1.29 is 9.53 Å². The summed E-state index contributed by atoms with van der Waals surface area (Å²) in [5, 5.41) is 2.33. The molecule has 3 aromatic rings. The summed E-state index contributed by atoms with van der Waals surface area (Å²) >= 11 is 0. The van der Waals surface area contributed by atoms with Crippen LogP contribution in [0.1, 0.15) is 31.9 Å². The third-order valence-electron chi connectivity index (χ3n) is 5.08. The summed E-state index contributed by atoms with van der Waals surface area (Å²) in [4.78, 5) is 12.8. The maximum Gasteiger partial charge on any atom is 0.312 e. The Bertz CT molecular complexity index is 1040.